The first-order chi connectivity index (χ1) is 9.06. The molecule has 0 saturated carbocycles. The summed E-state index contributed by atoms with van der Waals surface area (Å²) in [6.07, 6.45) is 0. The van der Waals surface area contributed by atoms with E-state index in [9.17, 15) is 4.79 Å². The fourth-order valence-corrected chi connectivity index (χ4v) is 2.21. The van der Waals surface area contributed by atoms with E-state index >= 15 is 0 Å². The van der Waals surface area contributed by atoms with Crippen molar-refractivity contribution in [2.75, 3.05) is 14.2 Å². The van der Waals surface area contributed by atoms with Crippen LogP contribution in [0.5, 0.6) is 11.5 Å². The van der Waals surface area contributed by atoms with Crippen molar-refractivity contribution < 1.29 is 18.7 Å². The first-order valence-electron chi connectivity index (χ1n) is 5.59. The number of hydrogen-bond acceptors (Lipinski definition) is 4. The summed E-state index contributed by atoms with van der Waals surface area (Å²) in [7, 11) is 3.05. The Morgan fingerprint density at radius 1 is 1.16 bits per heavy atom. The van der Waals surface area contributed by atoms with Gasteiger partial charge in [-0.25, -0.2) is 0 Å². The molecule has 0 radical (unpaired) electrons. The molecule has 0 atom stereocenters. The van der Waals surface area contributed by atoms with Gasteiger partial charge >= 0.3 is 0 Å². The van der Waals surface area contributed by atoms with Gasteiger partial charge in [0.15, 0.2) is 5.76 Å². The number of hydrogen-bond donors (Lipinski definition) is 0. The van der Waals surface area contributed by atoms with Crippen LogP contribution in [0, 0.1) is 6.92 Å². The fourth-order valence-electron chi connectivity index (χ4n) is 1.73. The third-order valence-electron chi connectivity index (χ3n) is 2.68. The highest BCUT2D eigenvalue weighted by molar-refractivity contribution is 9.10. The quantitative estimate of drug-likeness (QED) is 0.806. The Labute approximate surface area is 119 Å². The van der Waals surface area contributed by atoms with Crippen molar-refractivity contribution in [1.82, 2.24) is 0 Å². The van der Waals surface area contributed by atoms with E-state index in [0.717, 1.165) is 4.47 Å². The van der Waals surface area contributed by atoms with Crippen LogP contribution in [-0.4, -0.2) is 20.0 Å². The first kappa shape index (κ1) is 13.7. The number of ether oxygens (including phenoxy) is 2. The summed E-state index contributed by atoms with van der Waals surface area (Å²) in [4.78, 5) is 12.4. The second-order valence-electron chi connectivity index (χ2n) is 3.93. The lowest BCUT2D eigenvalue weighted by molar-refractivity contribution is 0.100. The van der Waals surface area contributed by atoms with Gasteiger partial charge in [-0.05, 0) is 47.1 Å². The molecule has 1 heterocycles. The fraction of sp³-hybridized carbons (Fsp3) is 0.214. The zero-order valence-electron chi connectivity index (χ0n) is 10.8. The van der Waals surface area contributed by atoms with E-state index in [1.807, 2.05) is 0 Å². The SMILES string of the molecule is COc1cc(C(=O)c2ccc(C)o2)c(OC)cc1Br. The van der Waals surface area contributed by atoms with Crippen molar-refractivity contribution in [1.29, 1.82) is 0 Å². The van der Waals surface area contributed by atoms with Crippen LogP contribution >= 0.6 is 15.9 Å². The lowest BCUT2D eigenvalue weighted by Gasteiger charge is -2.10. The number of halogens is 1. The monoisotopic (exact) mass is 324 g/mol. The van der Waals surface area contributed by atoms with Crippen LogP contribution in [-0.2, 0) is 0 Å². The molecule has 0 aliphatic heterocycles. The maximum absolute atomic E-state index is 12.4. The molecule has 0 unspecified atom stereocenters. The largest absolute Gasteiger partial charge is 0.496 e. The average Bonchev–Trinajstić information content (AvgIpc) is 2.84. The first-order valence-corrected chi connectivity index (χ1v) is 6.38. The summed E-state index contributed by atoms with van der Waals surface area (Å²) in [5.74, 6) is 1.75. The standard InChI is InChI=1S/C14H13BrO4/c1-8-4-5-11(19-8)14(16)9-6-13(18-3)10(15)7-12(9)17-2/h4-7H,1-3H3. The Morgan fingerprint density at radius 2 is 1.84 bits per heavy atom. The van der Waals surface area contributed by atoms with E-state index in [2.05, 4.69) is 15.9 Å². The summed E-state index contributed by atoms with van der Waals surface area (Å²) in [5, 5.41) is 0. The Hall–Kier alpha value is -1.75. The summed E-state index contributed by atoms with van der Waals surface area (Å²) >= 11 is 3.35. The number of rotatable bonds is 4. The molecule has 0 bridgehead atoms. The summed E-state index contributed by atoms with van der Waals surface area (Å²) in [6, 6.07) is 6.71. The maximum atomic E-state index is 12.4. The van der Waals surface area contributed by atoms with Crippen LogP contribution in [0.25, 0.3) is 0 Å². The predicted molar refractivity (Wildman–Crippen MR) is 74.1 cm³/mol. The topological polar surface area (TPSA) is 48.7 Å². The number of aryl methyl sites for hydroxylation is 1. The predicted octanol–water partition coefficient (Wildman–Crippen LogP) is 3.60. The van der Waals surface area contributed by atoms with E-state index in [1.54, 1.807) is 31.2 Å². The molecule has 1 aromatic carbocycles. The van der Waals surface area contributed by atoms with Gasteiger partial charge in [0.1, 0.15) is 17.3 Å². The molecular formula is C14H13BrO4. The van der Waals surface area contributed by atoms with Crippen LogP contribution in [0.2, 0.25) is 0 Å². The number of benzene rings is 1. The van der Waals surface area contributed by atoms with Crippen molar-refractivity contribution >= 4 is 21.7 Å². The lowest BCUT2D eigenvalue weighted by atomic mass is 10.1. The zero-order chi connectivity index (χ0) is 14.0. The summed E-state index contributed by atoms with van der Waals surface area (Å²) < 4.78 is 16.5. The third-order valence-corrected chi connectivity index (χ3v) is 3.30. The molecule has 0 spiro atoms. The van der Waals surface area contributed by atoms with Crippen molar-refractivity contribution in [2.45, 2.75) is 6.92 Å². The smallest absolute Gasteiger partial charge is 0.232 e. The van der Waals surface area contributed by atoms with Gasteiger partial charge in [0, 0.05) is 0 Å². The van der Waals surface area contributed by atoms with Crippen molar-refractivity contribution in [3.8, 4) is 11.5 Å². The van der Waals surface area contributed by atoms with Crippen LogP contribution in [0.15, 0.2) is 33.2 Å². The molecule has 0 amide bonds. The molecule has 1 aromatic heterocycles. The number of methoxy groups -OCH3 is 2. The molecule has 0 aliphatic rings. The van der Waals surface area contributed by atoms with Gasteiger partial charge in [-0.2, -0.15) is 0 Å². The van der Waals surface area contributed by atoms with E-state index in [0.29, 0.717) is 22.8 Å². The molecule has 0 N–H and O–H groups in total. The highest BCUT2D eigenvalue weighted by Gasteiger charge is 2.20. The van der Waals surface area contributed by atoms with Crippen molar-refractivity contribution in [2.24, 2.45) is 0 Å². The molecule has 100 valence electrons. The maximum Gasteiger partial charge on any atom is 0.232 e. The minimum atomic E-state index is -0.240. The lowest BCUT2D eigenvalue weighted by Crippen LogP contribution is -2.04. The number of furan rings is 1. The van der Waals surface area contributed by atoms with E-state index in [-0.39, 0.29) is 11.5 Å². The molecule has 0 aliphatic carbocycles. The number of carbonyl (C=O) groups excluding carboxylic acids is 1. The average molecular weight is 325 g/mol. The van der Waals surface area contributed by atoms with Gasteiger partial charge in [0.05, 0.1) is 24.3 Å². The second-order valence-corrected chi connectivity index (χ2v) is 4.78. The van der Waals surface area contributed by atoms with Gasteiger partial charge < -0.3 is 13.9 Å². The van der Waals surface area contributed by atoms with E-state index in [4.69, 9.17) is 13.9 Å². The van der Waals surface area contributed by atoms with E-state index < -0.39 is 0 Å². The third kappa shape index (κ3) is 2.66. The van der Waals surface area contributed by atoms with Gasteiger partial charge in [-0.15, -0.1) is 0 Å². The molecule has 2 rings (SSSR count). The highest BCUT2D eigenvalue weighted by atomic mass is 79.9. The van der Waals surface area contributed by atoms with Crippen LogP contribution in [0.3, 0.4) is 0 Å². The van der Waals surface area contributed by atoms with Crippen molar-refractivity contribution in [3.05, 3.63) is 45.8 Å². The number of carbonyl (C=O) groups is 1. The Morgan fingerprint density at radius 3 is 2.37 bits per heavy atom. The minimum Gasteiger partial charge on any atom is -0.496 e. The molecule has 19 heavy (non-hydrogen) atoms. The number of ketones is 1. The molecule has 2 aromatic rings. The van der Waals surface area contributed by atoms with Gasteiger partial charge in [0.25, 0.3) is 0 Å². The molecule has 0 saturated heterocycles. The van der Waals surface area contributed by atoms with Gasteiger partial charge in [-0.3, -0.25) is 4.79 Å². The summed E-state index contributed by atoms with van der Waals surface area (Å²) in [5.41, 5.74) is 0.400. The molecule has 4 nitrogen and oxygen atoms in total. The van der Waals surface area contributed by atoms with Gasteiger partial charge in [-0.1, -0.05) is 0 Å². The molecule has 0 fully saturated rings. The molecular weight excluding hydrogens is 312 g/mol. The van der Waals surface area contributed by atoms with Crippen molar-refractivity contribution in [3.63, 3.8) is 0 Å². The summed E-state index contributed by atoms with van der Waals surface area (Å²) in [6.45, 7) is 1.79. The highest BCUT2D eigenvalue weighted by Crippen LogP contribution is 2.34. The normalized spacial score (nSPS) is 10.3. The van der Waals surface area contributed by atoms with Gasteiger partial charge in [0.2, 0.25) is 5.78 Å². The minimum absolute atomic E-state index is 0.240. The van der Waals surface area contributed by atoms with Crippen LogP contribution in [0.4, 0.5) is 0 Å². The van der Waals surface area contributed by atoms with Crippen LogP contribution < -0.4 is 9.47 Å². The zero-order valence-corrected chi connectivity index (χ0v) is 12.4. The second kappa shape index (κ2) is 5.48. The Balaban J connectivity index is 2.51. The Bertz CT molecular complexity index is 616. The Kier molecular flexibility index (Phi) is 3.95. The van der Waals surface area contributed by atoms with E-state index in [1.165, 1.54) is 14.2 Å². The van der Waals surface area contributed by atoms with Crippen LogP contribution in [0.1, 0.15) is 21.9 Å². The molecule has 5 heteroatoms.